The molecule has 0 saturated heterocycles. The molecule has 2 aromatic carbocycles. The number of fused-ring (bicyclic) bond motifs is 1. The summed E-state index contributed by atoms with van der Waals surface area (Å²) in [7, 11) is 0. The van der Waals surface area contributed by atoms with Crippen molar-refractivity contribution in [1.29, 1.82) is 5.26 Å². The Labute approximate surface area is 196 Å². The SMILES string of the molecule is Cc1c(NC(=O)c2cc(C(N)=O)c3ccccc3n2)c(C(F)(F)F)nn1Cc1cccc(C#N)c1. The van der Waals surface area contributed by atoms with Gasteiger partial charge in [-0.05, 0) is 36.8 Å². The number of alkyl halides is 3. The minimum atomic E-state index is -4.86. The Morgan fingerprint density at radius 2 is 1.89 bits per heavy atom. The van der Waals surface area contributed by atoms with Crippen LogP contribution < -0.4 is 11.1 Å². The molecule has 0 unspecified atom stereocenters. The number of hydrogen-bond acceptors (Lipinski definition) is 5. The van der Waals surface area contributed by atoms with Gasteiger partial charge in [-0.15, -0.1) is 0 Å². The van der Waals surface area contributed by atoms with E-state index in [2.05, 4.69) is 15.4 Å². The lowest BCUT2D eigenvalue weighted by molar-refractivity contribution is -0.140. The minimum Gasteiger partial charge on any atom is -0.366 e. The van der Waals surface area contributed by atoms with Crippen LogP contribution in [0.25, 0.3) is 10.9 Å². The van der Waals surface area contributed by atoms with Gasteiger partial charge in [-0.2, -0.15) is 23.5 Å². The number of anilines is 1. The van der Waals surface area contributed by atoms with Crippen LogP contribution in [-0.2, 0) is 12.7 Å². The summed E-state index contributed by atoms with van der Waals surface area (Å²) in [5, 5.41) is 15.4. The van der Waals surface area contributed by atoms with Crippen molar-refractivity contribution in [3.8, 4) is 6.07 Å². The van der Waals surface area contributed by atoms with E-state index >= 15 is 0 Å². The molecule has 11 heteroatoms. The maximum absolute atomic E-state index is 13.8. The number of para-hydroxylation sites is 1. The number of pyridine rings is 1. The Bertz CT molecular complexity index is 1520. The van der Waals surface area contributed by atoms with E-state index in [4.69, 9.17) is 11.0 Å². The summed E-state index contributed by atoms with van der Waals surface area (Å²) >= 11 is 0. The van der Waals surface area contributed by atoms with Crippen molar-refractivity contribution in [3.63, 3.8) is 0 Å². The van der Waals surface area contributed by atoms with Crippen LogP contribution in [0.1, 0.15) is 43.4 Å². The van der Waals surface area contributed by atoms with Gasteiger partial charge < -0.3 is 11.1 Å². The summed E-state index contributed by atoms with van der Waals surface area (Å²) in [4.78, 5) is 29.0. The largest absolute Gasteiger partial charge is 0.437 e. The number of carbonyl (C=O) groups excluding carboxylic acids is 2. The molecular formula is C24H17F3N6O2. The van der Waals surface area contributed by atoms with E-state index in [1.807, 2.05) is 6.07 Å². The second kappa shape index (κ2) is 8.90. The van der Waals surface area contributed by atoms with E-state index in [0.29, 0.717) is 16.5 Å². The third kappa shape index (κ3) is 4.67. The highest BCUT2D eigenvalue weighted by atomic mass is 19.4. The van der Waals surface area contributed by atoms with Crippen molar-refractivity contribution in [2.24, 2.45) is 5.73 Å². The van der Waals surface area contributed by atoms with E-state index in [-0.39, 0.29) is 29.0 Å². The number of nitriles is 1. The smallest absolute Gasteiger partial charge is 0.366 e. The number of halogens is 3. The third-order valence-corrected chi connectivity index (χ3v) is 5.32. The van der Waals surface area contributed by atoms with Gasteiger partial charge in [0.25, 0.3) is 5.91 Å². The summed E-state index contributed by atoms with van der Waals surface area (Å²) in [6, 6.07) is 15.9. The maximum Gasteiger partial charge on any atom is 0.437 e. The molecule has 4 aromatic rings. The fraction of sp³-hybridized carbons (Fsp3) is 0.125. The van der Waals surface area contributed by atoms with Gasteiger partial charge in [-0.1, -0.05) is 30.3 Å². The number of nitrogens with zero attached hydrogens (tertiary/aromatic N) is 4. The first-order valence-corrected chi connectivity index (χ1v) is 10.2. The Kier molecular flexibility index (Phi) is 5.96. The first-order valence-electron chi connectivity index (χ1n) is 10.2. The van der Waals surface area contributed by atoms with E-state index in [1.165, 1.54) is 13.0 Å². The number of rotatable bonds is 5. The van der Waals surface area contributed by atoms with Crippen molar-refractivity contribution >= 4 is 28.4 Å². The van der Waals surface area contributed by atoms with Crippen LogP contribution in [0.5, 0.6) is 0 Å². The van der Waals surface area contributed by atoms with Gasteiger partial charge in [-0.3, -0.25) is 14.3 Å². The molecule has 0 aliphatic heterocycles. The Hall–Kier alpha value is -4.72. The van der Waals surface area contributed by atoms with Crippen LogP contribution in [0.15, 0.2) is 54.6 Å². The molecule has 176 valence electrons. The lowest BCUT2D eigenvalue weighted by atomic mass is 10.1. The summed E-state index contributed by atoms with van der Waals surface area (Å²) in [5.41, 5.74) is 4.59. The third-order valence-electron chi connectivity index (χ3n) is 5.32. The van der Waals surface area contributed by atoms with Gasteiger partial charge in [0.05, 0.1) is 40.6 Å². The van der Waals surface area contributed by atoms with Crippen LogP contribution in [0.2, 0.25) is 0 Å². The monoisotopic (exact) mass is 478 g/mol. The van der Waals surface area contributed by atoms with Gasteiger partial charge in [0.1, 0.15) is 5.69 Å². The second-order valence-electron chi connectivity index (χ2n) is 7.67. The lowest BCUT2D eigenvalue weighted by Crippen LogP contribution is -2.19. The zero-order valence-electron chi connectivity index (χ0n) is 18.2. The van der Waals surface area contributed by atoms with Crippen LogP contribution in [-0.4, -0.2) is 26.6 Å². The molecule has 2 amide bonds. The average Bonchev–Trinajstić information content (AvgIpc) is 3.13. The average molecular weight is 478 g/mol. The van der Waals surface area contributed by atoms with Gasteiger partial charge in [0.2, 0.25) is 5.91 Å². The highest BCUT2D eigenvalue weighted by Crippen LogP contribution is 2.36. The van der Waals surface area contributed by atoms with Gasteiger partial charge in [0.15, 0.2) is 5.69 Å². The van der Waals surface area contributed by atoms with Crippen molar-refractivity contribution in [2.45, 2.75) is 19.6 Å². The summed E-state index contributed by atoms with van der Waals surface area (Å²) in [5.74, 6) is -1.77. The predicted octanol–water partition coefficient (Wildman–Crippen LogP) is 4.03. The second-order valence-corrected chi connectivity index (χ2v) is 7.67. The van der Waals surface area contributed by atoms with E-state index < -0.39 is 29.4 Å². The summed E-state index contributed by atoms with van der Waals surface area (Å²) in [6.45, 7) is 1.33. The fourth-order valence-corrected chi connectivity index (χ4v) is 3.63. The van der Waals surface area contributed by atoms with Crippen molar-refractivity contribution in [3.05, 3.63) is 88.4 Å². The minimum absolute atomic E-state index is 0.0154. The Morgan fingerprint density at radius 3 is 2.57 bits per heavy atom. The quantitative estimate of drug-likeness (QED) is 0.448. The molecule has 0 aliphatic rings. The molecule has 2 aromatic heterocycles. The number of aromatic nitrogens is 3. The molecule has 0 atom stereocenters. The number of nitrogens with one attached hydrogen (secondary N) is 1. The van der Waals surface area contributed by atoms with Gasteiger partial charge in [-0.25, -0.2) is 4.98 Å². The topological polar surface area (TPSA) is 127 Å². The zero-order chi connectivity index (χ0) is 25.3. The summed E-state index contributed by atoms with van der Waals surface area (Å²) in [6.07, 6.45) is -4.86. The lowest BCUT2D eigenvalue weighted by Gasteiger charge is -2.10. The molecule has 0 bridgehead atoms. The zero-order valence-corrected chi connectivity index (χ0v) is 18.2. The molecule has 0 fully saturated rings. The first kappa shape index (κ1) is 23.4. The normalized spacial score (nSPS) is 11.3. The fourth-order valence-electron chi connectivity index (χ4n) is 3.63. The number of nitrogens with two attached hydrogens (primary N) is 1. The Balaban J connectivity index is 1.74. The number of carbonyl (C=O) groups is 2. The van der Waals surface area contributed by atoms with Crippen LogP contribution >= 0.6 is 0 Å². The van der Waals surface area contributed by atoms with Crippen LogP contribution in [0.3, 0.4) is 0 Å². The van der Waals surface area contributed by atoms with Crippen LogP contribution in [0.4, 0.5) is 18.9 Å². The number of hydrogen-bond donors (Lipinski definition) is 2. The molecular weight excluding hydrogens is 461 g/mol. The molecule has 0 aliphatic carbocycles. The van der Waals surface area contributed by atoms with Crippen molar-refractivity contribution < 1.29 is 22.8 Å². The van der Waals surface area contributed by atoms with Crippen LogP contribution in [0, 0.1) is 18.3 Å². The molecule has 2 heterocycles. The molecule has 35 heavy (non-hydrogen) atoms. The molecule has 0 saturated carbocycles. The highest BCUT2D eigenvalue weighted by Gasteiger charge is 2.39. The van der Waals surface area contributed by atoms with Gasteiger partial charge in [0, 0.05) is 5.39 Å². The van der Waals surface area contributed by atoms with E-state index in [9.17, 15) is 22.8 Å². The standard InChI is InChI=1S/C24H17F3N6O2/c1-13-20(21(24(25,26)27)32-33(13)12-15-6-4-5-14(9-15)11-28)31-23(35)19-10-17(22(29)34)16-7-2-3-8-18(16)30-19/h2-10H,12H2,1H3,(H2,29,34)(H,31,35). The number of benzene rings is 2. The van der Waals surface area contributed by atoms with E-state index in [0.717, 1.165) is 10.7 Å². The Morgan fingerprint density at radius 1 is 1.14 bits per heavy atom. The number of amides is 2. The molecule has 3 N–H and O–H groups in total. The predicted molar refractivity (Wildman–Crippen MR) is 120 cm³/mol. The summed E-state index contributed by atoms with van der Waals surface area (Å²) < 4.78 is 42.4. The number of primary amides is 1. The highest BCUT2D eigenvalue weighted by molar-refractivity contribution is 6.10. The molecule has 0 spiro atoms. The molecule has 0 radical (unpaired) electrons. The van der Waals surface area contributed by atoms with Crippen molar-refractivity contribution in [1.82, 2.24) is 14.8 Å². The first-order chi connectivity index (χ1) is 16.6. The molecule has 4 rings (SSSR count). The van der Waals surface area contributed by atoms with E-state index in [1.54, 1.807) is 42.5 Å². The van der Waals surface area contributed by atoms with Crippen molar-refractivity contribution in [2.75, 3.05) is 5.32 Å². The van der Waals surface area contributed by atoms with Gasteiger partial charge >= 0.3 is 6.18 Å². The molecule has 8 nitrogen and oxygen atoms in total. The maximum atomic E-state index is 13.8.